The molecule has 1 amide bonds. The number of carbonyl (C=O) groups excluding carboxylic acids is 1. The third-order valence-corrected chi connectivity index (χ3v) is 4.17. The summed E-state index contributed by atoms with van der Waals surface area (Å²) in [6.07, 6.45) is 2.36. The maximum atomic E-state index is 14.2. The summed E-state index contributed by atoms with van der Waals surface area (Å²) in [5, 5.41) is 14.9. The van der Waals surface area contributed by atoms with Crippen molar-refractivity contribution >= 4 is 11.9 Å². The third-order valence-electron chi connectivity index (χ3n) is 4.17. The molecule has 0 bridgehead atoms. The Hall–Kier alpha value is -2.63. The number of anilines is 1. The predicted molar refractivity (Wildman–Crippen MR) is 99.4 cm³/mol. The van der Waals surface area contributed by atoms with Gasteiger partial charge < -0.3 is 20.1 Å². The average Bonchev–Trinajstić information content (AvgIpc) is 2.61. The lowest BCUT2D eigenvalue weighted by atomic mass is 9.91. The molecular weight excluding hydrogens is 370 g/mol. The van der Waals surface area contributed by atoms with Crippen LogP contribution >= 0.6 is 0 Å². The Kier molecular flexibility index (Phi) is 7.38. The first-order valence-corrected chi connectivity index (χ1v) is 9.27. The molecule has 1 aliphatic carbocycles. The van der Waals surface area contributed by atoms with E-state index in [0.29, 0.717) is 25.7 Å². The number of hydrogen-bond acceptors (Lipinski definition) is 6. The quantitative estimate of drug-likeness (QED) is 0.761. The summed E-state index contributed by atoms with van der Waals surface area (Å²) >= 11 is 0. The molecule has 0 radical (unpaired) electrons. The lowest BCUT2D eigenvalue weighted by Gasteiger charge is -2.30. The number of pyridine rings is 1. The fraction of sp³-hybridized carbons (Fsp3) is 0.632. The van der Waals surface area contributed by atoms with Crippen LogP contribution in [0.1, 0.15) is 52.0 Å². The van der Waals surface area contributed by atoms with Gasteiger partial charge in [-0.2, -0.15) is 10.2 Å². The number of nitrogens with one attached hydrogen (secondary N) is 2. The van der Waals surface area contributed by atoms with E-state index in [4.69, 9.17) is 14.7 Å². The van der Waals surface area contributed by atoms with Crippen molar-refractivity contribution in [2.45, 2.75) is 64.1 Å². The maximum absolute atomic E-state index is 14.2. The Labute approximate surface area is 163 Å². The van der Waals surface area contributed by atoms with E-state index in [1.54, 1.807) is 26.8 Å². The van der Waals surface area contributed by atoms with E-state index >= 15 is 0 Å². The van der Waals surface area contributed by atoms with Gasteiger partial charge in [-0.15, -0.1) is 0 Å². The lowest BCUT2D eigenvalue weighted by molar-refractivity contribution is 0.0492. The first-order chi connectivity index (χ1) is 13.2. The van der Waals surface area contributed by atoms with Crippen molar-refractivity contribution < 1.29 is 23.0 Å². The SMILES string of the molecule is CC(C)(C)OC(=O)NC1CCC(Nc2nc(OCCF)c(C#N)cc2F)CC1. The normalized spacial score (nSPS) is 19.4. The zero-order valence-corrected chi connectivity index (χ0v) is 16.3. The molecule has 0 spiro atoms. The second kappa shape index (κ2) is 9.53. The van der Waals surface area contributed by atoms with E-state index < -0.39 is 24.2 Å². The molecule has 28 heavy (non-hydrogen) atoms. The summed E-state index contributed by atoms with van der Waals surface area (Å²) in [4.78, 5) is 15.8. The van der Waals surface area contributed by atoms with Gasteiger partial charge >= 0.3 is 6.09 Å². The Morgan fingerprint density at radius 1 is 1.32 bits per heavy atom. The lowest BCUT2D eigenvalue weighted by Crippen LogP contribution is -2.42. The number of alkyl carbamates (subject to hydrolysis) is 1. The molecular formula is C19H26F2N4O3. The summed E-state index contributed by atoms with van der Waals surface area (Å²) < 4.78 is 36.9. The molecule has 2 N–H and O–H groups in total. The number of alkyl halides is 1. The summed E-state index contributed by atoms with van der Waals surface area (Å²) in [7, 11) is 0. The van der Waals surface area contributed by atoms with Crippen LogP contribution in [0.4, 0.5) is 19.4 Å². The van der Waals surface area contributed by atoms with Gasteiger partial charge in [0.15, 0.2) is 11.6 Å². The molecule has 9 heteroatoms. The summed E-state index contributed by atoms with van der Waals surface area (Å²) in [5.41, 5.74) is -0.634. The van der Waals surface area contributed by atoms with Crippen molar-refractivity contribution in [1.82, 2.24) is 10.3 Å². The summed E-state index contributed by atoms with van der Waals surface area (Å²) in [6.45, 7) is 4.42. The standard InChI is InChI=1S/C19H26F2N4O3/c1-19(2,3)28-18(26)24-14-6-4-13(5-7-14)23-16-15(21)10-12(11-22)17(25-16)27-9-8-20/h10,13-14H,4-9H2,1-3H3,(H,23,25)(H,24,26). The summed E-state index contributed by atoms with van der Waals surface area (Å²) in [5.74, 6) is -0.793. The monoisotopic (exact) mass is 396 g/mol. The van der Waals surface area contributed by atoms with Crippen molar-refractivity contribution in [3.05, 3.63) is 17.4 Å². The molecule has 1 aromatic rings. The van der Waals surface area contributed by atoms with Crippen molar-refractivity contribution in [3.63, 3.8) is 0 Å². The number of rotatable bonds is 6. The van der Waals surface area contributed by atoms with Crippen molar-refractivity contribution in [2.75, 3.05) is 18.6 Å². The smallest absolute Gasteiger partial charge is 0.407 e. The number of nitrogens with zero attached hydrogens (tertiary/aromatic N) is 2. The van der Waals surface area contributed by atoms with E-state index in [9.17, 15) is 13.6 Å². The molecule has 0 saturated heterocycles. The van der Waals surface area contributed by atoms with Crippen LogP contribution in [0.5, 0.6) is 5.88 Å². The number of hydrogen-bond donors (Lipinski definition) is 2. The largest absolute Gasteiger partial charge is 0.474 e. The van der Waals surface area contributed by atoms with Crippen molar-refractivity contribution in [2.24, 2.45) is 0 Å². The van der Waals surface area contributed by atoms with Gasteiger partial charge in [-0.05, 0) is 46.5 Å². The highest BCUT2D eigenvalue weighted by Gasteiger charge is 2.26. The van der Waals surface area contributed by atoms with Gasteiger partial charge in [-0.1, -0.05) is 0 Å². The number of nitriles is 1. The molecule has 1 aromatic heterocycles. The second-order valence-corrected chi connectivity index (χ2v) is 7.66. The predicted octanol–water partition coefficient (Wildman–Crippen LogP) is 3.69. The first kappa shape index (κ1) is 21.7. The number of ether oxygens (including phenoxy) is 2. The van der Waals surface area contributed by atoms with Crippen LogP contribution in [0.15, 0.2) is 6.07 Å². The maximum Gasteiger partial charge on any atom is 0.407 e. The molecule has 0 atom stereocenters. The topological polar surface area (TPSA) is 96.3 Å². The number of halogens is 2. The van der Waals surface area contributed by atoms with Gasteiger partial charge in [-0.25, -0.2) is 13.6 Å². The molecule has 1 heterocycles. The number of carbonyl (C=O) groups is 1. The van der Waals surface area contributed by atoms with Crippen LogP contribution in [-0.2, 0) is 4.74 Å². The van der Waals surface area contributed by atoms with Crippen LogP contribution < -0.4 is 15.4 Å². The summed E-state index contributed by atoms with van der Waals surface area (Å²) in [6, 6.07) is 2.77. The van der Waals surface area contributed by atoms with Crippen molar-refractivity contribution in [1.29, 1.82) is 5.26 Å². The van der Waals surface area contributed by atoms with Crippen LogP contribution in [-0.4, -0.2) is 42.0 Å². The minimum Gasteiger partial charge on any atom is -0.474 e. The molecule has 1 aliphatic rings. The number of amides is 1. The Morgan fingerprint density at radius 2 is 1.96 bits per heavy atom. The van der Waals surface area contributed by atoms with Crippen LogP contribution in [0.2, 0.25) is 0 Å². The van der Waals surface area contributed by atoms with Crippen molar-refractivity contribution in [3.8, 4) is 11.9 Å². The van der Waals surface area contributed by atoms with E-state index in [2.05, 4.69) is 15.6 Å². The molecule has 154 valence electrons. The molecule has 2 rings (SSSR count). The molecule has 0 unspecified atom stereocenters. The Balaban J connectivity index is 1.92. The molecule has 0 aliphatic heterocycles. The molecule has 1 fully saturated rings. The Morgan fingerprint density at radius 3 is 2.54 bits per heavy atom. The average molecular weight is 396 g/mol. The fourth-order valence-electron chi connectivity index (χ4n) is 2.95. The van der Waals surface area contributed by atoms with Gasteiger partial charge in [-0.3, -0.25) is 0 Å². The zero-order chi connectivity index (χ0) is 20.7. The van der Waals surface area contributed by atoms with Crippen LogP contribution in [0.25, 0.3) is 0 Å². The first-order valence-electron chi connectivity index (χ1n) is 9.27. The van der Waals surface area contributed by atoms with E-state index in [-0.39, 0.29) is 36.0 Å². The highest BCUT2D eigenvalue weighted by atomic mass is 19.1. The van der Waals surface area contributed by atoms with Crippen LogP contribution in [0, 0.1) is 17.1 Å². The Bertz CT molecular complexity index is 723. The highest BCUT2D eigenvalue weighted by Crippen LogP contribution is 2.26. The molecule has 1 saturated carbocycles. The fourth-order valence-corrected chi connectivity index (χ4v) is 2.95. The zero-order valence-electron chi connectivity index (χ0n) is 16.3. The van der Waals surface area contributed by atoms with E-state index in [0.717, 1.165) is 6.07 Å². The molecule has 0 aromatic carbocycles. The highest BCUT2D eigenvalue weighted by molar-refractivity contribution is 5.68. The van der Waals surface area contributed by atoms with E-state index in [1.165, 1.54) is 0 Å². The van der Waals surface area contributed by atoms with Gasteiger partial charge in [0, 0.05) is 18.2 Å². The van der Waals surface area contributed by atoms with Gasteiger partial charge in [0.2, 0.25) is 5.88 Å². The van der Waals surface area contributed by atoms with Gasteiger partial charge in [0.05, 0.1) is 0 Å². The molecule has 7 nitrogen and oxygen atoms in total. The van der Waals surface area contributed by atoms with Gasteiger partial charge in [0.1, 0.15) is 30.5 Å². The second-order valence-electron chi connectivity index (χ2n) is 7.66. The minimum absolute atomic E-state index is 0.00452. The van der Waals surface area contributed by atoms with Gasteiger partial charge in [0.25, 0.3) is 0 Å². The number of aromatic nitrogens is 1. The van der Waals surface area contributed by atoms with E-state index in [1.807, 2.05) is 0 Å². The third kappa shape index (κ3) is 6.51. The van der Waals surface area contributed by atoms with Crippen LogP contribution in [0.3, 0.4) is 0 Å². The minimum atomic E-state index is -0.735.